The zero-order chi connectivity index (χ0) is 19.6. The standard InChI is InChI=1S/C18H19F2N3O4/c1-4-18(19,20)15-16(27-11-8-14(21-9-11)17(24)26-3)23-13-7-10(25-2)5-6-12(13)22-15/h4-7,11,14,21H,1,8-9H2,2-3H3/t11-,14+/m1/s1. The summed E-state index contributed by atoms with van der Waals surface area (Å²) in [6.45, 7) is 3.46. The number of fused-ring (bicyclic) bond motifs is 1. The molecule has 0 amide bonds. The van der Waals surface area contributed by atoms with Gasteiger partial charge in [-0.2, -0.15) is 8.78 Å². The topological polar surface area (TPSA) is 82.6 Å². The van der Waals surface area contributed by atoms with Crippen molar-refractivity contribution in [2.45, 2.75) is 24.5 Å². The number of rotatable bonds is 6. The highest BCUT2D eigenvalue weighted by Crippen LogP contribution is 2.36. The van der Waals surface area contributed by atoms with Crippen molar-refractivity contribution in [2.24, 2.45) is 0 Å². The molecule has 1 aliphatic rings. The van der Waals surface area contributed by atoms with Crippen LogP contribution in [0.3, 0.4) is 0 Å². The smallest absolute Gasteiger partial charge is 0.323 e. The van der Waals surface area contributed by atoms with Crippen molar-refractivity contribution in [1.82, 2.24) is 15.3 Å². The quantitative estimate of drug-likeness (QED) is 0.609. The fraction of sp³-hybridized carbons (Fsp3) is 0.389. The van der Waals surface area contributed by atoms with Crippen LogP contribution in [0.2, 0.25) is 0 Å². The van der Waals surface area contributed by atoms with E-state index in [1.54, 1.807) is 12.1 Å². The van der Waals surface area contributed by atoms with E-state index in [4.69, 9.17) is 9.47 Å². The minimum Gasteiger partial charge on any atom is -0.497 e. The molecule has 1 aliphatic heterocycles. The van der Waals surface area contributed by atoms with Gasteiger partial charge >= 0.3 is 11.9 Å². The number of hydrogen-bond donors (Lipinski definition) is 1. The van der Waals surface area contributed by atoms with Crippen molar-refractivity contribution in [3.05, 3.63) is 36.5 Å². The molecule has 7 nitrogen and oxygen atoms in total. The molecule has 1 fully saturated rings. The van der Waals surface area contributed by atoms with Crippen LogP contribution in [0.25, 0.3) is 11.0 Å². The molecule has 0 spiro atoms. The number of alkyl halides is 2. The van der Waals surface area contributed by atoms with E-state index < -0.39 is 29.7 Å². The molecule has 1 saturated heterocycles. The Bertz CT molecular complexity index is 875. The summed E-state index contributed by atoms with van der Waals surface area (Å²) in [6, 6.07) is 4.17. The van der Waals surface area contributed by atoms with Crippen molar-refractivity contribution in [3.63, 3.8) is 0 Å². The Morgan fingerprint density at radius 1 is 1.33 bits per heavy atom. The molecule has 144 valence electrons. The first-order chi connectivity index (χ1) is 12.9. The molecule has 27 heavy (non-hydrogen) atoms. The SMILES string of the molecule is C=CC(F)(F)c1nc2ccc(OC)cc2nc1O[C@H]1CN[C@H](C(=O)OC)C1. The van der Waals surface area contributed by atoms with Crippen molar-refractivity contribution in [3.8, 4) is 11.6 Å². The van der Waals surface area contributed by atoms with Gasteiger partial charge in [0.1, 0.15) is 17.9 Å². The summed E-state index contributed by atoms with van der Waals surface area (Å²) < 4.78 is 44.2. The van der Waals surface area contributed by atoms with Crippen molar-refractivity contribution >= 4 is 17.0 Å². The first-order valence-corrected chi connectivity index (χ1v) is 8.23. The Hall–Kier alpha value is -2.81. The van der Waals surface area contributed by atoms with Crippen LogP contribution < -0.4 is 14.8 Å². The van der Waals surface area contributed by atoms with Crippen LogP contribution in [0, 0.1) is 0 Å². The second-order valence-corrected chi connectivity index (χ2v) is 6.02. The third kappa shape index (κ3) is 3.82. The molecule has 0 radical (unpaired) electrons. The molecule has 1 N–H and O–H groups in total. The molecule has 9 heteroatoms. The van der Waals surface area contributed by atoms with E-state index in [1.165, 1.54) is 20.3 Å². The number of benzene rings is 1. The molecule has 2 atom stereocenters. The summed E-state index contributed by atoms with van der Waals surface area (Å²) in [5.41, 5.74) is -0.00298. The van der Waals surface area contributed by atoms with Gasteiger partial charge in [-0.15, -0.1) is 0 Å². The van der Waals surface area contributed by atoms with E-state index in [9.17, 15) is 13.6 Å². The predicted molar refractivity (Wildman–Crippen MR) is 93.0 cm³/mol. The lowest BCUT2D eigenvalue weighted by atomic mass is 10.2. The molecule has 0 bridgehead atoms. The molecular weight excluding hydrogens is 360 g/mol. The molecule has 0 unspecified atom stereocenters. The van der Waals surface area contributed by atoms with E-state index >= 15 is 0 Å². The summed E-state index contributed by atoms with van der Waals surface area (Å²) >= 11 is 0. The normalized spacial score (nSPS) is 19.7. The van der Waals surface area contributed by atoms with E-state index in [1.807, 2.05) is 0 Å². The Morgan fingerprint density at radius 3 is 2.78 bits per heavy atom. The maximum absolute atomic E-state index is 14.3. The van der Waals surface area contributed by atoms with Gasteiger partial charge in [0.25, 0.3) is 0 Å². The number of halogens is 2. The van der Waals surface area contributed by atoms with Gasteiger partial charge in [0, 0.05) is 19.0 Å². The van der Waals surface area contributed by atoms with Gasteiger partial charge in [-0.1, -0.05) is 6.58 Å². The summed E-state index contributed by atoms with van der Waals surface area (Å²) in [5, 5.41) is 2.93. The number of allylic oxidation sites excluding steroid dienone is 1. The van der Waals surface area contributed by atoms with E-state index in [2.05, 4.69) is 26.6 Å². The minimum absolute atomic E-state index is 0.267. The van der Waals surface area contributed by atoms with Gasteiger partial charge in [0.15, 0.2) is 5.69 Å². The van der Waals surface area contributed by atoms with Crippen LogP contribution in [0.15, 0.2) is 30.9 Å². The van der Waals surface area contributed by atoms with Crippen molar-refractivity contribution < 1.29 is 27.8 Å². The van der Waals surface area contributed by atoms with E-state index in [-0.39, 0.29) is 24.4 Å². The second-order valence-electron chi connectivity index (χ2n) is 6.02. The zero-order valence-electron chi connectivity index (χ0n) is 14.9. The van der Waals surface area contributed by atoms with Crippen LogP contribution in [-0.2, 0) is 15.5 Å². The van der Waals surface area contributed by atoms with E-state index in [0.717, 1.165) is 0 Å². The fourth-order valence-electron chi connectivity index (χ4n) is 2.81. The number of nitrogens with zero attached hydrogens (tertiary/aromatic N) is 2. The Labute approximate surface area is 154 Å². The van der Waals surface area contributed by atoms with Gasteiger partial charge < -0.3 is 19.5 Å². The van der Waals surface area contributed by atoms with Gasteiger partial charge in [-0.25, -0.2) is 9.97 Å². The number of ether oxygens (including phenoxy) is 3. The average Bonchev–Trinajstić information content (AvgIpc) is 3.14. The van der Waals surface area contributed by atoms with Crippen molar-refractivity contribution in [1.29, 1.82) is 0 Å². The largest absolute Gasteiger partial charge is 0.497 e. The first kappa shape index (κ1) is 19.0. The highest BCUT2D eigenvalue weighted by atomic mass is 19.3. The number of esters is 1. The van der Waals surface area contributed by atoms with Crippen LogP contribution in [0.1, 0.15) is 12.1 Å². The molecule has 0 aliphatic carbocycles. The molecule has 3 rings (SSSR count). The highest BCUT2D eigenvalue weighted by Gasteiger charge is 2.37. The number of nitrogens with one attached hydrogen (secondary N) is 1. The van der Waals surface area contributed by atoms with Crippen LogP contribution in [0.5, 0.6) is 11.6 Å². The van der Waals surface area contributed by atoms with Gasteiger partial charge in [-0.05, 0) is 18.2 Å². The second kappa shape index (κ2) is 7.43. The van der Waals surface area contributed by atoms with Crippen LogP contribution in [-0.4, -0.2) is 48.8 Å². The lowest BCUT2D eigenvalue weighted by Crippen LogP contribution is -2.31. The zero-order valence-corrected chi connectivity index (χ0v) is 14.9. The molecule has 1 aromatic carbocycles. The van der Waals surface area contributed by atoms with Gasteiger partial charge in [0.05, 0.1) is 25.3 Å². The molecular formula is C18H19F2N3O4. The fourth-order valence-corrected chi connectivity index (χ4v) is 2.81. The summed E-state index contributed by atoms with van der Waals surface area (Å²) in [5.74, 6) is -3.66. The number of methoxy groups -OCH3 is 2. The average molecular weight is 379 g/mol. The monoisotopic (exact) mass is 379 g/mol. The first-order valence-electron chi connectivity index (χ1n) is 8.23. The third-order valence-electron chi connectivity index (χ3n) is 4.27. The number of carbonyl (C=O) groups is 1. The minimum atomic E-state index is -3.43. The maximum atomic E-state index is 14.3. The van der Waals surface area contributed by atoms with Crippen molar-refractivity contribution in [2.75, 3.05) is 20.8 Å². The number of aromatic nitrogens is 2. The predicted octanol–water partition coefficient (Wildman–Crippen LogP) is 2.20. The third-order valence-corrected chi connectivity index (χ3v) is 4.27. The summed E-state index contributed by atoms with van der Waals surface area (Å²) in [4.78, 5) is 19.9. The summed E-state index contributed by atoms with van der Waals surface area (Å²) in [6.07, 6.45) is 0.221. The highest BCUT2D eigenvalue weighted by molar-refractivity contribution is 5.77. The molecule has 1 aromatic heterocycles. The Kier molecular flexibility index (Phi) is 5.22. The van der Waals surface area contributed by atoms with Crippen LogP contribution >= 0.6 is 0 Å². The maximum Gasteiger partial charge on any atom is 0.323 e. The molecule has 2 heterocycles. The van der Waals surface area contributed by atoms with Crippen LogP contribution in [0.4, 0.5) is 8.78 Å². The number of hydrogen-bond acceptors (Lipinski definition) is 7. The van der Waals surface area contributed by atoms with E-state index in [0.29, 0.717) is 17.3 Å². The molecule has 2 aromatic rings. The lowest BCUT2D eigenvalue weighted by molar-refractivity contribution is -0.142. The number of carbonyl (C=O) groups excluding carboxylic acids is 1. The Morgan fingerprint density at radius 2 is 2.11 bits per heavy atom. The van der Waals surface area contributed by atoms with Gasteiger partial charge in [-0.3, -0.25) is 4.79 Å². The van der Waals surface area contributed by atoms with Gasteiger partial charge in [0.2, 0.25) is 5.88 Å². The molecule has 0 saturated carbocycles. The summed E-state index contributed by atoms with van der Waals surface area (Å²) in [7, 11) is 2.77. The lowest BCUT2D eigenvalue weighted by Gasteiger charge is -2.19. The Balaban J connectivity index is 1.97.